The third-order valence-electron chi connectivity index (χ3n) is 2.80. The van der Waals surface area contributed by atoms with Gasteiger partial charge in [-0.15, -0.1) is 0 Å². The number of imidazole rings is 1. The van der Waals surface area contributed by atoms with Crippen LogP contribution in [0.4, 0.5) is 0 Å². The Morgan fingerprint density at radius 2 is 2.38 bits per heavy atom. The van der Waals surface area contributed by atoms with Crippen LogP contribution in [0.5, 0.6) is 0 Å². The van der Waals surface area contributed by atoms with Crippen LogP contribution >= 0.6 is 0 Å². The van der Waals surface area contributed by atoms with Gasteiger partial charge in [-0.1, -0.05) is 0 Å². The van der Waals surface area contributed by atoms with Crippen molar-refractivity contribution in [2.75, 3.05) is 13.1 Å². The summed E-state index contributed by atoms with van der Waals surface area (Å²) in [7, 11) is 2.08. The highest BCUT2D eigenvalue weighted by atomic mass is 15.0. The molecular weight excluding hydrogens is 162 g/mol. The molecule has 0 saturated carbocycles. The molecule has 0 spiro atoms. The van der Waals surface area contributed by atoms with Gasteiger partial charge in [0.25, 0.3) is 0 Å². The Morgan fingerprint density at radius 1 is 1.46 bits per heavy atom. The Labute approximate surface area is 79.2 Å². The normalized spacial score (nSPS) is 24.2. The van der Waals surface area contributed by atoms with E-state index in [0.29, 0.717) is 5.92 Å². The zero-order valence-electron chi connectivity index (χ0n) is 8.16. The highest BCUT2D eigenvalue weighted by Gasteiger charge is 2.17. The van der Waals surface area contributed by atoms with Gasteiger partial charge in [-0.25, -0.2) is 4.98 Å². The van der Waals surface area contributed by atoms with Crippen LogP contribution in [0.2, 0.25) is 0 Å². The summed E-state index contributed by atoms with van der Waals surface area (Å²) in [6, 6.07) is 0. The average molecular weight is 179 g/mol. The van der Waals surface area contributed by atoms with Gasteiger partial charge in [-0.2, -0.15) is 0 Å². The first-order valence-corrected chi connectivity index (χ1v) is 5.06. The van der Waals surface area contributed by atoms with E-state index in [9.17, 15) is 0 Å². The van der Waals surface area contributed by atoms with Crippen LogP contribution in [0.3, 0.4) is 0 Å². The van der Waals surface area contributed by atoms with Gasteiger partial charge in [0.05, 0.1) is 0 Å². The number of rotatable bonds is 1. The van der Waals surface area contributed by atoms with Gasteiger partial charge in [-0.05, 0) is 32.4 Å². The second-order valence-corrected chi connectivity index (χ2v) is 3.77. The van der Waals surface area contributed by atoms with Crippen LogP contribution in [0.1, 0.15) is 31.0 Å². The van der Waals surface area contributed by atoms with Gasteiger partial charge >= 0.3 is 0 Å². The Hall–Kier alpha value is -0.830. The summed E-state index contributed by atoms with van der Waals surface area (Å²) in [6.45, 7) is 2.30. The number of nitrogens with one attached hydrogen (secondary N) is 1. The first-order valence-electron chi connectivity index (χ1n) is 5.06. The topological polar surface area (TPSA) is 29.9 Å². The van der Waals surface area contributed by atoms with Gasteiger partial charge in [0.1, 0.15) is 5.82 Å². The molecule has 1 fully saturated rings. The molecule has 0 bridgehead atoms. The molecule has 2 rings (SSSR count). The smallest absolute Gasteiger partial charge is 0.111 e. The molecule has 1 aromatic heterocycles. The molecule has 72 valence electrons. The van der Waals surface area contributed by atoms with Gasteiger partial charge in [0, 0.05) is 25.4 Å². The molecule has 1 N–H and O–H groups in total. The van der Waals surface area contributed by atoms with Crippen LogP contribution in [0, 0.1) is 0 Å². The van der Waals surface area contributed by atoms with Crippen molar-refractivity contribution in [3.05, 3.63) is 18.2 Å². The summed E-state index contributed by atoms with van der Waals surface area (Å²) in [6.07, 6.45) is 7.71. The third kappa shape index (κ3) is 1.91. The summed E-state index contributed by atoms with van der Waals surface area (Å²) in [4.78, 5) is 4.42. The fourth-order valence-electron chi connectivity index (χ4n) is 2.05. The summed E-state index contributed by atoms with van der Waals surface area (Å²) in [5.74, 6) is 1.92. The van der Waals surface area contributed by atoms with Gasteiger partial charge < -0.3 is 9.88 Å². The van der Waals surface area contributed by atoms with E-state index in [1.807, 2.05) is 12.4 Å². The highest BCUT2D eigenvalue weighted by molar-refractivity contribution is 5.00. The van der Waals surface area contributed by atoms with Crippen molar-refractivity contribution in [2.45, 2.75) is 25.2 Å². The fraction of sp³-hybridized carbons (Fsp3) is 0.700. The van der Waals surface area contributed by atoms with Gasteiger partial charge in [0.2, 0.25) is 0 Å². The maximum Gasteiger partial charge on any atom is 0.111 e. The number of nitrogens with zero attached hydrogens (tertiary/aromatic N) is 2. The zero-order valence-corrected chi connectivity index (χ0v) is 8.16. The highest BCUT2D eigenvalue weighted by Crippen LogP contribution is 2.23. The fourth-order valence-corrected chi connectivity index (χ4v) is 2.05. The first kappa shape index (κ1) is 8.75. The Bertz CT molecular complexity index is 259. The van der Waals surface area contributed by atoms with E-state index in [1.165, 1.54) is 31.6 Å². The lowest BCUT2D eigenvalue weighted by Crippen LogP contribution is -2.14. The average Bonchev–Trinajstić information content (AvgIpc) is 2.43. The van der Waals surface area contributed by atoms with Crippen molar-refractivity contribution in [1.82, 2.24) is 14.9 Å². The number of hydrogen-bond acceptors (Lipinski definition) is 2. The molecule has 1 aliphatic rings. The minimum absolute atomic E-state index is 0.662. The van der Waals surface area contributed by atoms with Crippen molar-refractivity contribution >= 4 is 0 Å². The van der Waals surface area contributed by atoms with Crippen LogP contribution in [0.15, 0.2) is 12.4 Å². The quantitative estimate of drug-likeness (QED) is 0.703. The lowest BCUT2D eigenvalue weighted by atomic mass is 10.00. The molecule has 3 heteroatoms. The van der Waals surface area contributed by atoms with E-state index in [-0.39, 0.29) is 0 Å². The maximum atomic E-state index is 4.42. The zero-order chi connectivity index (χ0) is 9.10. The van der Waals surface area contributed by atoms with E-state index in [2.05, 4.69) is 21.9 Å². The summed E-state index contributed by atoms with van der Waals surface area (Å²) in [5, 5.41) is 3.42. The molecule has 0 aromatic carbocycles. The van der Waals surface area contributed by atoms with Crippen LogP contribution in [-0.4, -0.2) is 22.6 Å². The van der Waals surface area contributed by atoms with Gasteiger partial charge in [-0.3, -0.25) is 0 Å². The maximum absolute atomic E-state index is 4.42. The Kier molecular flexibility index (Phi) is 2.64. The molecular formula is C10H17N3. The van der Waals surface area contributed by atoms with Crippen LogP contribution in [0.25, 0.3) is 0 Å². The van der Waals surface area contributed by atoms with Crippen LogP contribution < -0.4 is 5.32 Å². The first-order chi connectivity index (χ1) is 6.38. The lowest BCUT2D eigenvalue weighted by Gasteiger charge is -2.12. The molecule has 13 heavy (non-hydrogen) atoms. The van der Waals surface area contributed by atoms with Crippen molar-refractivity contribution in [3.63, 3.8) is 0 Å². The second kappa shape index (κ2) is 3.92. The van der Waals surface area contributed by atoms with Crippen molar-refractivity contribution in [2.24, 2.45) is 7.05 Å². The minimum Gasteiger partial charge on any atom is -0.338 e. The lowest BCUT2D eigenvalue weighted by molar-refractivity contribution is 0.555. The molecule has 1 aliphatic heterocycles. The van der Waals surface area contributed by atoms with E-state index in [4.69, 9.17) is 0 Å². The molecule has 0 radical (unpaired) electrons. The molecule has 1 unspecified atom stereocenters. The molecule has 1 saturated heterocycles. The SMILES string of the molecule is Cn1ccnc1C1CCCNCC1. The Balaban J connectivity index is 2.10. The van der Waals surface area contributed by atoms with E-state index in [0.717, 1.165) is 6.54 Å². The summed E-state index contributed by atoms with van der Waals surface area (Å²) >= 11 is 0. The minimum atomic E-state index is 0.662. The molecule has 0 amide bonds. The number of aromatic nitrogens is 2. The molecule has 1 aromatic rings. The predicted octanol–water partition coefficient (Wildman–Crippen LogP) is 1.28. The summed E-state index contributed by atoms with van der Waals surface area (Å²) < 4.78 is 2.15. The second-order valence-electron chi connectivity index (χ2n) is 3.77. The summed E-state index contributed by atoms with van der Waals surface area (Å²) in [5.41, 5.74) is 0. The van der Waals surface area contributed by atoms with Crippen molar-refractivity contribution in [3.8, 4) is 0 Å². The van der Waals surface area contributed by atoms with E-state index >= 15 is 0 Å². The van der Waals surface area contributed by atoms with E-state index < -0.39 is 0 Å². The molecule has 2 heterocycles. The molecule has 3 nitrogen and oxygen atoms in total. The predicted molar refractivity (Wildman–Crippen MR) is 52.7 cm³/mol. The van der Waals surface area contributed by atoms with Crippen molar-refractivity contribution < 1.29 is 0 Å². The largest absolute Gasteiger partial charge is 0.338 e. The number of hydrogen-bond donors (Lipinski definition) is 1. The standard InChI is InChI=1S/C10H17N3/c1-13-8-7-12-10(13)9-3-2-5-11-6-4-9/h7-9,11H,2-6H2,1H3. The van der Waals surface area contributed by atoms with Gasteiger partial charge in [0.15, 0.2) is 0 Å². The van der Waals surface area contributed by atoms with Crippen molar-refractivity contribution in [1.29, 1.82) is 0 Å². The number of aryl methyl sites for hydroxylation is 1. The Morgan fingerprint density at radius 3 is 3.15 bits per heavy atom. The monoisotopic (exact) mass is 179 g/mol. The van der Waals surface area contributed by atoms with Crippen LogP contribution in [-0.2, 0) is 7.05 Å². The molecule has 1 atom stereocenters. The van der Waals surface area contributed by atoms with E-state index in [1.54, 1.807) is 0 Å². The third-order valence-corrected chi connectivity index (χ3v) is 2.80. The molecule has 0 aliphatic carbocycles.